The number of ether oxygens (including phenoxy) is 1. The summed E-state index contributed by atoms with van der Waals surface area (Å²) in [7, 11) is 0. The zero-order valence-corrected chi connectivity index (χ0v) is 9.94. The fraction of sp³-hybridized carbons (Fsp3) is 0.667. The first-order valence-corrected chi connectivity index (χ1v) is 5.96. The Morgan fingerprint density at radius 2 is 2.25 bits per heavy atom. The Hall–Kier alpha value is -1.16. The lowest BCUT2D eigenvalue weighted by molar-refractivity contribution is 0.183. The van der Waals surface area contributed by atoms with Crippen LogP contribution in [0.2, 0.25) is 0 Å². The van der Waals surface area contributed by atoms with E-state index in [9.17, 15) is 0 Å². The number of aromatic nitrogens is 2. The Bertz CT molecular complexity index is 367. The summed E-state index contributed by atoms with van der Waals surface area (Å²) in [6.07, 6.45) is 4.26. The molecule has 0 saturated heterocycles. The Balaban J connectivity index is 2.11. The molecule has 0 spiro atoms. The van der Waals surface area contributed by atoms with E-state index < -0.39 is 0 Å². The van der Waals surface area contributed by atoms with Crippen molar-refractivity contribution in [2.75, 3.05) is 0 Å². The van der Waals surface area contributed by atoms with Crippen LogP contribution in [-0.4, -0.2) is 22.1 Å². The highest BCUT2D eigenvalue weighted by molar-refractivity contribution is 5.16. The number of nitrogens with two attached hydrogens (primary N) is 1. The molecular formula is C12H19N3O. The van der Waals surface area contributed by atoms with Crippen LogP contribution in [0.25, 0.3) is 0 Å². The van der Waals surface area contributed by atoms with Gasteiger partial charge in [-0.1, -0.05) is 6.92 Å². The second-order valence-electron chi connectivity index (χ2n) is 4.35. The van der Waals surface area contributed by atoms with Gasteiger partial charge in [0.25, 0.3) is 0 Å². The van der Waals surface area contributed by atoms with Gasteiger partial charge in [0.15, 0.2) is 0 Å². The lowest BCUT2D eigenvalue weighted by Crippen LogP contribution is -2.33. The van der Waals surface area contributed by atoms with Gasteiger partial charge < -0.3 is 10.5 Å². The molecule has 4 heteroatoms. The van der Waals surface area contributed by atoms with Crippen LogP contribution in [0.5, 0.6) is 5.88 Å². The van der Waals surface area contributed by atoms with Crippen molar-refractivity contribution >= 4 is 0 Å². The molecule has 88 valence electrons. The van der Waals surface area contributed by atoms with Gasteiger partial charge in [-0.2, -0.15) is 4.98 Å². The van der Waals surface area contributed by atoms with E-state index in [2.05, 4.69) is 16.9 Å². The molecule has 2 N–H and O–H groups in total. The van der Waals surface area contributed by atoms with Crippen molar-refractivity contribution in [3.63, 3.8) is 0 Å². The summed E-state index contributed by atoms with van der Waals surface area (Å²) in [6, 6.07) is 2.07. The fourth-order valence-corrected chi connectivity index (χ4v) is 2.10. The lowest BCUT2D eigenvalue weighted by Gasteiger charge is -2.17. The number of hydrogen-bond donors (Lipinski definition) is 1. The normalized spacial score (nSPS) is 24.7. The standard InChI is InChI=1S/C12H19N3O/c1-3-9-7-12(15-8(2)14-9)16-11-6-4-5-10(11)13/h7,10-11H,3-6,13H2,1-2H3. The van der Waals surface area contributed by atoms with E-state index in [1.807, 2.05) is 13.0 Å². The maximum atomic E-state index is 5.97. The molecule has 1 saturated carbocycles. The first kappa shape index (κ1) is 11.3. The predicted octanol–water partition coefficient (Wildman–Crippen LogP) is 1.61. The van der Waals surface area contributed by atoms with E-state index in [1.54, 1.807) is 0 Å². The van der Waals surface area contributed by atoms with Gasteiger partial charge >= 0.3 is 0 Å². The van der Waals surface area contributed by atoms with E-state index in [0.717, 1.165) is 37.2 Å². The van der Waals surface area contributed by atoms with Crippen LogP contribution in [0, 0.1) is 6.92 Å². The van der Waals surface area contributed by atoms with E-state index >= 15 is 0 Å². The SMILES string of the molecule is CCc1cc(OC2CCCC2N)nc(C)n1. The van der Waals surface area contributed by atoms with E-state index in [-0.39, 0.29) is 12.1 Å². The highest BCUT2D eigenvalue weighted by Crippen LogP contribution is 2.22. The van der Waals surface area contributed by atoms with Crippen molar-refractivity contribution in [3.8, 4) is 5.88 Å². The molecule has 1 aromatic rings. The molecule has 1 aliphatic carbocycles. The van der Waals surface area contributed by atoms with Crippen LogP contribution in [0.1, 0.15) is 37.7 Å². The monoisotopic (exact) mass is 221 g/mol. The summed E-state index contributed by atoms with van der Waals surface area (Å²) in [6.45, 7) is 3.97. The largest absolute Gasteiger partial charge is 0.473 e. The molecule has 0 bridgehead atoms. The summed E-state index contributed by atoms with van der Waals surface area (Å²) < 4.78 is 5.83. The molecule has 4 nitrogen and oxygen atoms in total. The summed E-state index contributed by atoms with van der Waals surface area (Å²) in [5.74, 6) is 1.44. The van der Waals surface area contributed by atoms with Gasteiger partial charge in [-0.3, -0.25) is 0 Å². The highest BCUT2D eigenvalue weighted by Gasteiger charge is 2.26. The third-order valence-corrected chi connectivity index (χ3v) is 3.01. The lowest BCUT2D eigenvalue weighted by atomic mass is 10.2. The van der Waals surface area contributed by atoms with Crippen molar-refractivity contribution < 1.29 is 4.74 Å². The first-order valence-electron chi connectivity index (χ1n) is 5.96. The van der Waals surface area contributed by atoms with Crippen molar-refractivity contribution in [1.29, 1.82) is 0 Å². The van der Waals surface area contributed by atoms with Gasteiger partial charge in [0.2, 0.25) is 5.88 Å². The molecule has 2 unspecified atom stereocenters. The summed E-state index contributed by atoms with van der Waals surface area (Å²) >= 11 is 0. The molecule has 0 aliphatic heterocycles. The molecule has 2 atom stereocenters. The van der Waals surface area contributed by atoms with Gasteiger partial charge in [0, 0.05) is 17.8 Å². The van der Waals surface area contributed by atoms with Crippen LogP contribution in [0.3, 0.4) is 0 Å². The molecule has 0 amide bonds. The minimum atomic E-state index is 0.124. The second kappa shape index (κ2) is 4.78. The number of nitrogens with zero attached hydrogens (tertiary/aromatic N) is 2. The molecule has 16 heavy (non-hydrogen) atoms. The Kier molecular flexibility index (Phi) is 3.39. The van der Waals surface area contributed by atoms with Crippen LogP contribution in [-0.2, 0) is 6.42 Å². The Morgan fingerprint density at radius 3 is 2.88 bits per heavy atom. The molecule has 0 radical (unpaired) electrons. The molecular weight excluding hydrogens is 202 g/mol. The quantitative estimate of drug-likeness (QED) is 0.842. The highest BCUT2D eigenvalue weighted by atomic mass is 16.5. The molecule has 1 aromatic heterocycles. The minimum Gasteiger partial charge on any atom is -0.473 e. The fourth-order valence-electron chi connectivity index (χ4n) is 2.10. The van der Waals surface area contributed by atoms with Crippen molar-refractivity contribution in [2.24, 2.45) is 5.73 Å². The molecule has 1 aliphatic rings. The summed E-state index contributed by atoms with van der Waals surface area (Å²) in [5.41, 5.74) is 6.99. The average Bonchev–Trinajstić information content (AvgIpc) is 2.63. The zero-order valence-electron chi connectivity index (χ0n) is 9.94. The molecule has 2 rings (SSSR count). The zero-order chi connectivity index (χ0) is 11.5. The van der Waals surface area contributed by atoms with Gasteiger partial charge in [-0.15, -0.1) is 0 Å². The molecule has 1 fully saturated rings. The van der Waals surface area contributed by atoms with E-state index in [1.165, 1.54) is 0 Å². The predicted molar refractivity (Wildman–Crippen MR) is 62.4 cm³/mol. The van der Waals surface area contributed by atoms with E-state index in [4.69, 9.17) is 10.5 Å². The second-order valence-corrected chi connectivity index (χ2v) is 4.35. The summed E-state index contributed by atoms with van der Waals surface area (Å²) in [5, 5.41) is 0. The van der Waals surface area contributed by atoms with Gasteiger partial charge in [-0.25, -0.2) is 4.98 Å². The number of rotatable bonds is 3. The molecule has 0 aromatic carbocycles. The van der Waals surface area contributed by atoms with Crippen LogP contribution in [0.15, 0.2) is 6.07 Å². The van der Waals surface area contributed by atoms with Crippen LogP contribution >= 0.6 is 0 Å². The topological polar surface area (TPSA) is 61.0 Å². The van der Waals surface area contributed by atoms with Gasteiger partial charge in [0.1, 0.15) is 11.9 Å². The Labute approximate surface area is 96.2 Å². The third-order valence-electron chi connectivity index (χ3n) is 3.01. The van der Waals surface area contributed by atoms with Gasteiger partial charge in [0.05, 0.1) is 0 Å². The number of aryl methyl sites for hydroxylation is 2. The maximum absolute atomic E-state index is 5.97. The van der Waals surface area contributed by atoms with Crippen molar-refractivity contribution in [1.82, 2.24) is 9.97 Å². The van der Waals surface area contributed by atoms with E-state index in [0.29, 0.717) is 5.88 Å². The smallest absolute Gasteiger partial charge is 0.217 e. The number of hydrogen-bond acceptors (Lipinski definition) is 4. The first-order chi connectivity index (χ1) is 7.69. The maximum Gasteiger partial charge on any atom is 0.217 e. The van der Waals surface area contributed by atoms with Gasteiger partial charge in [-0.05, 0) is 32.6 Å². The molecule has 1 heterocycles. The van der Waals surface area contributed by atoms with Crippen molar-refractivity contribution in [3.05, 3.63) is 17.6 Å². The van der Waals surface area contributed by atoms with Crippen LogP contribution in [0.4, 0.5) is 0 Å². The average molecular weight is 221 g/mol. The van der Waals surface area contributed by atoms with Crippen LogP contribution < -0.4 is 10.5 Å². The minimum absolute atomic E-state index is 0.124. The van der Waals surface area contributed by atoms with Crippen molar-refractivity contribution in [2.45, 2.75) is 51.7 Å². The summed E-state index contributed by atoms with van der Waals surface area (Å²) in [4.78, 5) is 8.61. The Morgan fingerprint density at radius 1 is 1.44 bits per heavy atom. The third kappa shape index (κ3) is 2.50.